The van der Waals surface area contributed by atoms with Gasteiger partial charge in [0.25, 0.3) is 5.91 Å². The molecule has 6 nitrogen and oxygen atoms in total. The van der Waals surface area contributed by atoms with Crippen LogP contribution in [-0.4, -0.2) is 31.3 Å². The number of carbonyl (C=O) groups excluding carboxylic acids is 1. The fourth-order valence-corrected chi connectivity index (χ4v) is 2.01. The van der Waals surface area contributed by atoms with Crippen LogP contribution in [0.3, 0.4) is 0 Å². The summed E-state index contributed by atoms with van der Waals surface area (Å²) < 4.78 is 10.3. The Balaban J connectivity index is 2.11. The first-order valence-electron chi connectivity index (χ1n) is 6.04. The van der Waals surface area contributed by atoms with Gasteiger partial charge in [0.2, 0.25) is 0 Å². The predicted molar refractivity (Wildman–Crippen MR) is 80.4 cm³/mol. The predicted octanol–water partition coefficient (Wildman–Crippen LogP) is 2.45. The van der Waals surface area contributed by atoms with Crippen molar-refractivity contribution >= 4 is 23.7 Å². The molecule has 7 heteroatoms. The van der Waals surface area contributed by atoms with Crippen LogP contribution < -0.4 is 14.9 Å². The molecule has 0 radical (unpaired) electrons. The van der Waals surface area contributed by atoms with Gasteiger partial charge in [-0.3, -0.25) is 4.79 Å². The van der Waals surface area contributed by atoms with E-state index in [1.165, 1.54) is 20.4 Å². The smallest absolute Gasteiger partial charge is 0.287 e. The van der Waals surface area contributed by atoms with Crippen molar-refractivity contribution in [2.24, 2.45) is 5.10 Å². The lowest BCUT2D eigenvalue weighted by molar-refractivity contribution is 0.0951. The molecule has 1 heterocycles. The molecule has 0 unspecified atom stereocenters. The second-order valence-corrected chi connectivity index (χ2v) is 4.43. The van der Waals surface area contributed by atoms with Gasteiger partial charge in [-0.25, -0.2) is 5.43 Å². The highest BCUT2D eigenvalue weighted by molar-refractivity contribution is 6.32. The van der Waals surface area contributed by atoms with Crippen molar-refractivity contribution in [3.05, 3.63) is 46.7 Å². The zero-order chi connectivity index (χ0) is 15.2. The fourth-order valence-electron chi connectivity index (χ4n) is 1.71. The quantitative estimate of drug-likeness (QED) is 0.658. The van der Waals surface area contributed by atoms with Crippen molar-refractivity contribution in [2.75, 3.05) is 14.2 Å². The van der Waals surface area contributed by atoms with Crippen molar-refractivity contribution in [2.45, 2.75) is 0 Å². The second kappa shape index (κ2) is 6.81. The maximum Gasteiger partial charge on any atom is 0.287 e. The van der Waals surface area contributed by atoms with Crippen LogP contribution in [0.2, 0.25) is 5.02 Å². The van der Waals surface area contributed by atoms with Crippen molar-refractivity contribution in [1.29, 1.82) is 0 Å². The van der Waals surface area contributed by atoms with Crippen LogP contribution in [0.5, 0.6) is 11.5 Å². The van der Waals surface area contributed by atoms with Gasteiger partial charge in [-0.1, -0.05) is 11.6 Å². The van der Waals surface area contributed by atoms with E-state index in [-0.39, 0.29) is 5.91 Å². The van der Waals surface area contributed by atoms with E-state index in [1.807, 2.05) is 0 Å². The molecule has 1 aromatic heterocycles. The summed E-state index contributed by atoms with van der Waals surface area (Å²) in [7, 11) is 3.02. The molecule has 2 N–H and O–H groups in total. The van der Waals surface area contributed by atoms with E-state index in [1.54, 1.807) is 30.5 Å². The number of H-pyrrole nitrogens is 1. The minimum absolute atomic E-state index is 0.331. The first-order valence-corrected chi connectivity index (χ1v) is 6.42. The standard InChI is InChI=1S/C14H14ClN3O3/c1-20-12-7-9(6-10(15)13(12)21-2)8-17-18-14(19)11-4-3-5-16-11/h3-8,16H,1-2H3,(H,18,19)/b17-8-. The zero-order valence-corrected chi connectivity index (χ0v) is 12.3. The number of aromatic amines is 1. The van der Waals surface area contributed by atoms with Crippen molar-refractivity contribution in [3.63, 3.8) is 0 Å². The Morgan fingerprint density at radius 3 is 2.81 bits per heavy atom. The summed E-state index contributed by atoms with van der Waals surface area (Å²) in [6, 6.07) is 6.74. The van der Waals surface area contributed by atoms with Crippen molar-refractivity contribution in [3.8, 4) is 11.5 Å². The van der Waals surface area contributed by atoms with Gasteiger partial charge in [0.15, 0.2) is 11.5 Å². The molecular formula is C14H14ClN3O3. The largest absolute Gasteiger partial charge is 0.493 e. The van der Waals surface area contributed by atoms with Gasteiger partial charge in [0.05, 0.1) is 25.5 Å². The van der Waals surface area contributed by atoms with E-state index in [9.17, 15) is 4.79 Å². The lowest BCUT2D eigenvalue weighted by Crippen LogP contribution is -2.17. The number of nitrogens with zero attached hydrogens (tertiary/aromatic N) is 1. The van der Waals surface area contributed by atoms with Crippen LogP contribution in [-0.2, 0) is 0 Å². The van der Waals surface area contributed by atoms with Gasteiger partial charge < -0.3 is 14.5 Å². The summed E-state index contributed by atoms with van der Waals surface area (Å²) in [5, 5.41) is 4.27. The summed E-state index contributed by atoms with van der Waals surface area (Å²) in [6.45, 7) is 0. The van der Waals surface area contributed by atoms with Gasteiger partial charge in [-0.05, 0) is 29.8 Å². The van der Waals surface area contributed by atoms with Crippen LogP contribution >= 0.6 is 11.6 Å². The average molecular weight is 308 g/mol. The van der Waals surface area contributed by atoms with Crippen LogP contribution in [0.25, 0.3) is 0 Å². The van der Waals surface area contributed by atoms with Crippen LogP contribution in [0.15, 0.2) is 35.6 Å². The van der Waals surface area contributed by atoms with E-state index in [0.29, 0.717) is 27.8 Å². The van der Waals surface area contributed by atoms with Crippen LogP contribution in [0.4, 0.5) is 0 Å². The molecule has 1 amide bonds. The van der Waals surface area contributed by atoms with E-state index < -0.39 is 0 Å². The summed E-state index contributed by atoms with van der Waals surface area (Å²) in [6.07, 6.45) is 3.13. The van der Waals surface area contributed by atoms with Crippen molar-refractivity contribution in [1.82, 2.24) is 10.4 Å². The molecule has 0 aliphatic carbocycles. The Morgan fingerprint density at radius 1 is 1.38 bits per heavy atom. The third-order valence-corrected chi connectivity index (χ3v) is 2.96. The Labute approximate surface area is 126 Å². The number of carbonyl (C=O) groups is 1. The van der Waals surface area contributed by atoms with Gasteiger partial charge in [0, 0.05) is 6.20 Å². The molecule has 2 aromatic rings. The summed E-state index contributed by atoms with van der Waals surface area (Å²) >= 11 is 6.08. The minimum Gasteiger partial charge on any atom is -0.493 e. The number of rotatable bonds is 5. The summed E-state index contributed by atoms with van der Waals surface area (Å²) in [4.78, 5) is 14.4. The van der Waals surface area contributed by atoms with E-state index in [4.69, 9.17) is 21.1 Å². The number of aromatic nitrogens is 1. The topological polar surface area (TPSA) is 75.7 Å². The fraction of sp³-hybridized carbons (Fsp3) is 0.143. The van der Waals surface area contributed by atoms with E-state index in [0.717, 1.165) is 0 Å². The number of hydrogen-bond acceptors (Lipinski definition) is 4. The molecule has 0 aliphatic heterocycles. The molecule has 110 valence electrons. The Morgan fingerprint density at radius 2 is 2.19 bits per heavy atom. The molecule has 0 aliphatic rings. The lowest BCUT2D eigenvalue weighted by Gasteiger charge is -2.09. The molecule has 0 saturated heterocycles. The summed E-state index contributed by atoms with van der Waals surface area (Å²) in [5.41, 5.74) is 3.50. The Bertz CT molecular complexity index is 654. The minimum atomic E-state index is -0.331. The Kier molecular flexibility index (Phi) is 4.84. The van der Waals surface area contributed by atoms with Gasteiger partial charge >= 0.3 is 0 Å². The molecular weight excluding hydrogens is 294 g/mol. The highest BCUT2D eigenvalue weighted by atomic mass is 35.5. The SMILES string of the molecule is COc1cc(/C=N\NC(=O)c2ccc[nH]2)cc(Cl)c1OC. The van der Waals surface area contributed by atoms with Gasteiger partial charge in [0.1, 0.15) is 5.69 Å². The first kappa shape index (κ1) is 14.9. The third kappa shape index (κ3) is 3.55. The maximum absolute atomic E-state index is 11.7. The molecule has 0 spiro atoms. The maximum atomic E-state index is 11.7. The molecule has 0 fully saturated rings. The zero-order valence-electron chi connectivity index (χ0n) is 11.5. The lowest BCUT2D eigenvalue weighted by atomic mass is 10.2. The first-order chi connectivity index (χ1) is 10.2. The number of nitrogens with one attached hydrogen (secondary N) is 2. The molecule has 0 atom stereocenters. The number of benzene rings is 1. The molecule has 21 heavy (non-hydrogen) atoms. The molecule has 0 saturated carbocycles. The highest BCUT2D eigenvalue weighted by Crippen LogP contribution is 2.35. The van der Waals surface area contributed by atoms with Crippen molar-refractivity contribution < 1.29 is 14.3 Å². The monoisotopic (exact) mass is 307 g/mol. The van der Waals surface area contributed by atoms with Gasteiger partial charge in [-0.2, -0.15) is 5.10 Å². The third-order valence-electron chi connectivity index (χ3n) is 2.68. The number of methoxy groups -OCH3 is 2. The number of hydrogen-bond donors (Lipinski definition) is 2. The van der Waals surface area contributed by atoms with Crippen LogP contribution in [0.1, 0.15) is 16.1 Å². The van der Waals surface area contributed by atoms with E-state index >= 15 is 0 Å². The average Bonchev–Trinajstić information content (AvgIpc) is 3.00. The summed E-state index contributed by atoms with van der Waals surface area (Å²) in [5.74, 6) is 0.608. The number of hydrazone groups is 1. The van der Waals surface area contributed by atoms with Gasteiger partial charge in [-0.15, -0.1) is 0 Å². The van der Waals surface area contributed by atoms with Crippen LogP contribution in [0, 0.1) is 0 Å². The normalized spacial score (nSPS) is 10.6. The second-order valence-electron chi connectivity index (χ2n) is 4.02. The number of amides is 1. The Hall–Kier alpha value is -2.47. The number of halogens is 1. The number of ether oxygens (including phenoxy) is 2. The highest BCUT2D eigenvalue weighted by Gasteiger charge is 2.10. The van der Waals surface area contributed by atoms with E-state index in [2.05, 4.69) is 15.5 Å². The molecule has 0 bridgehead atoms. The molecule has 2 rings (SSSR count). The molecule has 1 aromatic carbocycles.